The third kappa shape index (κ3) is 1.54. The monoisotopic (exact) mass is 225 g/mol. The number of fused-ring (bicyclic) bond motifs is 1. The Hall–Kier alpha value is -2.36. The first-order valence-corrected chi connectivity index (χ1v) is 5.33. The van der Waals surface area contributed by atoms with E-state index < -0.39 is 0 Å². The van der Waals surface area contributed by atoms with Crippen LogP contribution >= 0.6 is 0 Å². The highest BCUT2D eigenvalue weighted by Gasteiger charge is 2.13. The molecule has 0 aliphatic rings. The Labute approximate surface area is 98.1 Å². The molecule has 1 aromatic carbocycles. The number of hydrogen-bond donors (Lipinski definition) is 1. The van der Waals surface area contributed by atoms with Crippen LogP contribution in [0.2, 0.25) is 0 Å². The highest BCUT2D eigenvalue weighted by atomic mass is 16.5. The summed E-state index contributed by atoms with van der Waals surface area (Å²) in [4.78, 5) is 4.56. The van der Waals surface area contributed by atoms with Crippen molar-refractivity contribution in [2.75, 3.05) is 5.73 Å². The number of nitrogens with zero attached hydrogens (tertiary/aromatic N) is 2. The molecule has 0 aliphatic carbocycles. The molecule has 0 amide bonds. The van der Waals surface area contributed by atoms with Crippen molar-refractivity contribution in [2.24, 2.45) is 0 Å². The predicted molar refractivity (Wildman–Crippen MR) is 66.4 cm³/mol. The van der Waals surface area contributed by atoms with Gasteiger partial charge in [-0.25, -0.2) is 4.98 Å². The fourth-order valence-electron chi connectivity index (χ4n) is 1.90. The Morgan fingerprint density at radius 3 is 2.71 bits per heavy atom. The van der Waals surface area contributed by atoms with Gasteiger partial charge in [-0.3, -0.25) is 0 Å². The Bertz CT molecular complexity index is 668. The van der Waals surface area contributed by atoms with E-state index in [1.807, 2.05) is 43.3 Å². The second-order valence-electron chi connectivity index (χ2n) is 3.90. The number of para-hydroxylation sites is 1. The van der Waals surface area contributed by atoms with Crippen molar-refractivity contribution in [1.29, 1.82) is 0 Å². The van der Waals surface area contributed by atoms with Crippen LogP contribution in [-0.2, 0) is 0 Å². The molecule has 4 nitrogen and oxygen atoms in total. The summed E-state index contributed by atoms with van der Waals surface area (Å²) in [6.45, 7) is 1.85. The van der Waals surface area contributed by atoms with E-state index in [-0.39, 0.29) is 0 Å². The van der Waals surface area contributed by atoms with Crippen LogP contribution in [-0.4, -0.2) is 10.1 Å². The Balaban J connectivity index is 2.25. The molecule has 0 radical (unpaired) electrons. The summed E-state index contributed by atoms with van der Waals surface area (Å²) in [6, 6.07) is 11.9. The Kier molecular flexibility index (Phi) is 2.08. The zero-order chi connectivity index (χ0) is 11.8. The van der Waals surface area contributed by atoms with Crippen LogP contribution in [0.25, 0.3) is 22.2 Å². The van der Waals surface area contributed by atoms with Crippen molar-refractivity contribution in [2.45, 2.75) is 6.92 Å². The van der Waals surface area contributed by atoms with Crippen LogP contribution in [0.15, 0.2) is 40.9 Å². The van der Waals surface area contributed by atoms with Crippen molar-refractivity contribution in [3.8, 4) is 11.3 Å². The second kappa shape index (κ2) is 3.59. The number of hydrogen-bond acceptors (Lipinski definition) is 4. The minimum Gasteiger partial charge on any atom is -0.367 e. The van der Waals surface area contributed by atoms with E-state index in [1.165, 1.54) is 0 Å². The average molecular weight is 225 g/mol. The first kappa shape index (κ1) is 9.84. The van der Waals surface area contributed by atoms with Crippen molar-refractivity contribution in [3.05, 3.63) is 42.1 Å². The fourth-order valence-corrected chi connectivity index (χ4v) is 1.90. The van der Waals surface area contributed by atoms with Crippen LogP contribution in [0.5, 0.6) is 0 Å². The highest BCUT2D eigenvalue weighted by Crippen LogP contribution is 2.28. The lowest BCUT2D eigenvalue weighted by molar-refractivity contribution is 0.431. The molecule has 0 spiro atoms. The molecule has 17 heavy (non-hydrogen) atoms. The normalized spacial score (nSPS) is 10.9. The largest absolute Gasteiger partial charge is 0.367 e. The minimum atomic E-state index is 0.310. The number of rotatable bonds is 1. The lowest BCUT2D eigenvalue weighted by Crippen LogP contribution is -1.90. The number of pyridine rings is 1. The Morgan fingerprint density at radius 2 is 1.94 bits per heavy atom. The van der Waals surface area contributed by atoms with Gasteiger partial charge < -0.3 is 10.3 Å². The molecular formula is C13H11N3O. The van der Waals surface area contributed by atoms with Gasteiger partial charge in [-0.15, -0.1) is 0 Å². The number of aromatic nitrogens is 2. The van der Waals surface area contributed by atoms with E-state index in [0.717, 1.165) is 27.9 Å². The summed E-state index contributed by atoms with van der Waals surface area (Å²) >= 11 is 0. The fraction of sp³-hybridized carbons (Fsp3) is 0.0769. The smallest absolute Gasteiger partial charge is 0.231 e. The molecule has 0 atom stereocenters. The van der Waals surface area contributed by atoms with Gasteiger partial charge in [0.25, 0.3) is 0 Å². The summed E-state index contributed by atoms with van der Waals surface area (Å²) in [5.74, 6) is 0.310. The summed E-state index contributed by atoms with van der Waals surface area (Å²) in [6.07, 6.45) is 0. The Morgan fingerprint density at radius 1 is 1.12 bits per heavy atom. The maximum Gasteiger partial charge on any atom is 0.231 e. The van der Waals surface area contributed by atoms with Gasteiger partial charge in [-0.2, -0.15) is 0 Å². The third-order valence-electron chi connectivity index (χ3n) is 2.74. The van der Waals surface area contributed by atoms with Gasteiger partial charge in [0, 0.05) is 5.39 Å². The molecule has 2 N–H and O–H groups in total. The molecule has 3 aromatic rings. The topological polar surface area (TPSA) is 64.9 Å². The first-order chi connectivity index (χ1) is 8.25. The predicted octanol–water partition coefficient (Wildman–Crippen LogP) is 2.78. The summed E-state index contributed by atoms with van der Waals surface area (Å²) in [7, 11) is 0. The van der Waals surface area contributed by atoms with Crippen molar-refractivity contribution in [3.63, 3.8) is 0 Å². The van der Waals surface area contributed by atoms with Gasteiger partial charge >= 0.3 is 0 Å². The average Bonchev–Trinajstić information content (AvgIpc) is 2.68. The standard InChI is InChI=1S/C13H11N3O/c1-8-12(13(14)17-16-8)11-7-6-9-4-2-3-5-10(9)15-11/h2-7H,14H2,1H3. The SMILES string of the molecule is Cc1noc(N)c1-c1ccc2ccccc2n1. The zero-order valence-electron chi connectivity index (χ0n) is 9.34. The van der Waals surface area contributed by atoms with E-state index in [9.17, 15) is 0 Å². The van der Waals surface area contributed by atoms with Crippen LogP contribution in [0.1, 0.15) is 5.69 Å². The molecule has 4 heteroatoms. The number of benzene rings is 1. The van der Waals surface area contributed by atoms with Gasteiger partial charge in [0.15, 0.2) is 0 Å². The number of aryl methyl sites for hydroxylation is 1. The lowest BCUT2D eigenvalue weighted by Gasteiger charge is -2.01. The molecule has 0 aliphatic heterocycles. The van der Waals surface area contributed by atoms with Gasteiger partial charge in [0.05, 0.1) is 22.5 Å². The zero-order valence-corrected chi connectivity index (χ0v) is 9.34. The van der Waals surface area contributed by atoms with E-state index in [1.54, 1.807) is 0 Å². The molecule has 0 saturated carbocycles. The molecule has 3 rings (SSSR count). The highest BCUT2D eigenvalue weighted by molar-refractivity contribution is 5.83. The molecule has 2 aromatic heterocycles. The minimum absolute atomic E-state index is 0.310. The second-order valence-corrected chi connectivity index (χ2v) is 3.90. The van der Waals surface area contributed by atoms with Gasteiger partial charge in [-0.1, -0.05) is 29.4 Å². The van der Waals surface area contributed by atoms with Gasteiger partial charge in [0.1, 0.15) is 0 Å². The molecule has 0 unspecified atom stereocenters. The van der Waals surface area contributed by atoms with Crippen LogP contribution in [0.3, 0.4) is 0 Å². The van der Waals surface area contributed by atoms with E-state index in [2.05, 4.69) is 10.1 Å². The van der Waals surface area contributed by atoms with Gasteiger partial charge in [-0.05, 0) is 19.1 Å². The summed E-state index contributed by atoms with van der Waals surface area (Å²) in [5, 5.41) is 4.93. The van der Waals surface area contributed by atoms with E-state index >= 15 is 0 Å². The maximum absolute atomic E-state index is 5.75. The van der Waals surface area contributed by atoms with Crippen LogP contribution in [0, 0.1) is 6.92 Å². The number of anilines is 1. The molecule has 0 fully saturated rings. The van der Waals surface area contributed by atoms with Crippen molar-refractivity contribution >= 4 is 16.8 Å². The van der Waals surface area contributed by atoms with Crippen LogP contribution < -0.4 is 5.73 Å². The third-order valence-corrected chi connectivity index (χ3v) is 2.74. The number of nitrogens with two attached hydrogens (primary N) is 1. The van der Waals surface area contributed by atoms with E-state index in [0.29, 0.717) is 5.88 Å². The summed E-state index contributed by atoms with van der Waals surface area (Å²) < 4.78 is 4.95. The molecule has 0 bridgehead atoms. The first-order valence-electron chi connectivity index (χ1n) is 5.33. The lowest BCUT2D eigenvalue weighted by atomic mass is 10.1. The molecule has 2 heterocycles. The van der Waals surface area contributed by atoms with E-state index in [4.69, 9.17) is 10.3 Å². The maximum atomic E-state index is 5.75. The van der Waals surface area contributed by atoms with Gasteiger partial charge in [0.2, 0.25) is 5.88 Å². The van der Waals surface area contributed by atoms with Crippen molar-refractivity contribution < 1.29 is 4.52 Å². The van der Waals surface area contributed by atoms with Crippen LogP contribution in [0.4, 0.5) is 5.88 Å². The quantitative estimate of drug-likeness (QED) is 0.691. The molecule has 84 valence electrons. The van der Waals surface area contributed by atoms with Crippen molar-refractivity contribution in [1.82, 2.24) is 10.1 Å². The summed E-state index contributed by atoms with van der Waals surface area (Å²) in [5.41, 5.74) is 9.00. The molecular weight excluding hydrogens is 214 g/mol. The number of nitrogen functional groups attached to an aromatic ring is 1. The molecule has 0 saturated heterocycles.